The molecule has 24 heavy (non-hydrogen) atoms. The van der Waals surface area contributed by atoms with Gasteiger partial charge in [-0.1, -0.05) is 23.8 Å². The highest BCUT2D eigenvalue weighted by molar-refractivity contribution is 7.89. The van der Waals surface area contributed by atoms with E-state index >= 15 is 0 Å². The van der Waals surface area contributed by atoms with Crippen molar-refractivity contribution in [2.75, 3.05) is 13.1 Å². The zero-order chi connectivity index (χ0) is 17.2. The summed E-state index contributed by atoms with van der Waals surface area (Å²) in [6, 6.07) is 6.98. The Morgan fingerprint density at radius 3 is 2.33 bits per heavy atom. The fourth-order valence-corrected chi connectivity index (χ4v) is 4.33. The van der Waals surface area contributed by atoms with Crippen LogP contribution in [0.1, 0.15) is 31.2 Å². The molecule has 1 N–H and O–H groups in total. The standard InChI is InChI=1S/C18H24N2O3S/c1-14-2-7-17(8-3-14)24(22,23)20-12-10-16(11-13-20)19-18(21)9-6-15-4-5-15/h2-3,6-9,15-16H,4-5,10-13H2,1H3,(H,19,21)/b9-6+. The van der Waals surface area contributed by atoms with Gasteiger partial charge in [-0.05, 0) is 56.7 Å². The van der Waals surface area contributed by atoms with E-state index in [1.807, 2.05) is 25.1 Å². The highest BCUT2D eigenvalue weighted by Gasteiger charge is 2.29. The lowest BCUT2D eigenvalue weighted by Crippen LogP contribution is -2.46. The highest BCUT2D eigenvalue weighted by Crippen LogP contribution is 2.29. The second kappa shape index (κ2) is 7.07. The number of hydrogen-bond donors (Lipinski definition) is 1. The number of benzene rings is 1. The fourth-order valence-electron chi connectivity index (χ4n) is 2.86. The van der Waals surface area contributed by atoms with Crippen LogP contribution in [0, 0.1) is 12.8 Å². The number of rotatable bonds is 5. The summed E-state index contributed by atoms with van der Waals surface area (Å²) in [5, 5.41) is 2.97. The number of piperidine rings is 1. The first-order valence-corrected chi connectivity index (χ1v) is 9.95. The monoisotopic (exact) mass is 348 g/mol. The van der Waals surface area contributed by atoms with E-state index in [1.165, 1.54) is 17.1 Å². The molecular formula is C18H24N2O3S. The van der Waals surface area contributed by atoms with Gasteiger partial charge in [-0.15, -0.1) is 0 Å². The average molecular weight is 348 g/mol. The number of nitrogens with zero attached hydrogens (tertiary/aromatic N) is 1. The number of allylic oxidation sites excluding steroid dienone is 1. The van der Waals surface area contributed by atoms with Crippen LogP contribution in [0.4, 0.5) is 0 Å². The number of aryl methyl sites for hydroxylation is 1. The van der Waals surface area contributed by atoms with Crippen LogP contribution in [0.25, 0.3) is 0 Å². The van der Waals surface area contributed by atoms with Crippen molar-refractivity contribution in [2.45, 2.75) is 43.5 Å². The normalized spacial score (nSPS) is 20.4. The molecule has 3 rings (SSSR count). The molecule has 1 aliphatic heterocycles. The average Bonchev–Trinajstić information content (AvgIpc) is 3.38. The molecule has 5 nitrogen and oxygen atoms in total. The quantitative estimate of drug-likeness (QED) is 0.830. The van der Waals surface area contributed by atoms with Crippen molar-refractivity contribution < 1.29 is 13.2 Å². The first-order valence-electron chi connectivity index (χ1n) is 8.50. The highest BCUT2D eigenvalue weighted by atomic mass is 32.2. The zero-order valence-corrected chi connectivity index (χ0v) is 14.8. The summed E-state index contributed by atoms with van der Waals surface area (Å²) in [6.45, 7) is 2.81. The predicted octanol–water partition coefficient (Wildman–Crippen LogP) is 2.23. The minimum absolute atomic E-state index is 0.0471. The number of carbonyl (C=O) groups is 1. The number of sulfonamides is 1. The van der Waals surface area contributed by atoms with Crippen molar-refractivity contribution in [3.05, 3.63) is 42.0 Å². The van der Waals surface area contributed by atoms with Crippen LogP contribution in [-0.2, 0) is 14.8 Å². The van der Waals surface area contributed by atoms with E-state index in [0.717, 1.165) is 5.56 Å². The van der Waals surface area contributed by atoms with Gasteiger partial charge in [0.15, 0.2) is 0 Å². The van der Waals surface area contributed by atoms with Gasteiger partial charge in [0.1, 0.15) is 0 Å². The Kier molecular flexibility index (Phi) is 5.06. The van der Waals surface area contributed by atoms with Crippen molar-refractivity contribution in [1.29, 1.82) is 0 Å². The third kappa shape index (κ3) is 4.24. The second-order valence-corrected chi connectivity index (χ2v) is 8.63. The molecule has 0 bridgehead atoms. The molecule has 6 heteroatoms. The van der Waals surface area contributed by atoms with E-state index in [1.54, 1.807) is 18.2 Å². The summed E-state index contributed by atoms with van der Waals surface area (Å²) in [7, 11) is -3.44. The zero-order valence-electron chi connectivity index (χ0n) is 13.9. The van der Waals surface area contributed by atoms with Crippen LogP contribution in [0.15, 0.2) is 41.3 Å². The first-order chi connectivity index (χ1) is 11.4. The molecule has 1 aliphatic carbocycles. The third-order valence-electron chi connectivity index (χ3n) is 4.60. The molecule has 1 heterocycles. The van der Waals surface area contributed by atoms with Crippen LogP contribution < -0.4 is 5.32 Å². The van der Waals surface area contributed by atoms with Gasteiger partial charge in [0.25, 0.3) is 0 Å². The molecule has 0 atom stereocenters. The van der Waals surface area contributed by atoms with Crippen molar-refractivity contribution in [3.8, 4) is 0 Å². The van der Waals surface area contributed by atoms with Gasteiger partial charge in [0.2, 0.25) is 15.9 Å². The van der Waals surface area contributed by atoms with Crippen LogP contribution >= 0.6 is 0 Å². The maximum Gasteiger partial charge on any atom is 0.243 e. The predicted molar refractivity (Wildman–Crippen MR) is 93.0 cm³/mol. The minimum atomic E-state index is -3.44. The van der Waals surface area contributed by atoms with Crippen LogP contribution in [-0.4, -0.2) is 37.8 Å². The summed E-state index contributed by atoms with van der Waals surface area (Å²) in [6.07, 6.45) is 7.24. The van der Waals surface area contributed by atoms with Crippen molar-refractivity contribution >= 4 is 15.9 Å². The van der Waals surface area contributed by atoms with E-state index in [2.05, 4.69) is 5.32 Å². The van der Waals surface area contributed by atoms with Crippen LogP contribution in [0.2, 0.25) is 0 Å². The number of carbonyl (C=O) groups excluding carboxylic acids is 1. The fraction of sp³-hybridized carbons (Fsp3) is 0.500. The second-order valence-electron chi connectivity index (χ2n) is 6.70. The smallest absolute Gasteiger partial charge is 0.243 e. The van der Waals surface area contributed by atoms with Gasteiger partial charge in [-0.25, -0.2) is 8.42 Å². The van der Waals surface area contributed by atoms with Gasteiger partial charge >= 0.3 is 0 Å². The largest absolute Gasteiger partial charge is 0.350 e. The molecule has 1 amide bonds. The van der Waals surface area contributed by atoms with E-state index in [9.17, 15) is 13.2 Å². The Bertz CT molecular complexity index is 713. The molecule has 0 radical (unpaired) electrons. The lowest BCUT2D eigenvalue weighted by Gasteiger charge is -2.31. The SMILES string of the molecule is Cc1ccc(S(=O)(=O)N2CCC(NC(=O)/C=C/C3CC3)CC2)cc1. The van der Waals surface area contributed by atoms with Crippen molar-refractivity contribution in [3.63, 3.8) is 0 Å². The third-order valence-corrected chi connectivity index (χ3v) is 6.51. The Balaban J connectivity index is 1.54. The molecule has 1 aromatic carbocycles. The van der Waals surface area contributed by atoms with E-state index in [-0.39, 0.29) is 11.9 Å². The molecule has 0 unspecified atom stereocenters. The molecule has 0 aromatic heterocycles. The minimum Gasteiger partial charge on any atom is -0.350 e. The van der Waals surface area contributed by atoms with E-state index in [4.69, 9.17) is 0 Å². The number of amides is 1. The molecule has 2 fully saturated rings. The first kappa shape index (κ1) is 17.2. The molecule has 130 valence electrons. The summed E-state index contributed by atoms with van der Waals surface area (Å²) >= 11 is 0. The topological polar surface area (TPSA) is 66.5 Å². The Hall–Kier alpha value is -1.66. The summed E-state index contributed by atoms with van der Waals surface area (Å²) in [5.41, 5.74) is 1.04. The molecule has 1 saturated heterocycles. The lowest BCUT2D eigenvalue weighted by atomic mass is 10.1. The number of nitrogens with one attached hydrogen (secondary N) is 1. The lowest BCUT2D eigenvalue weighted by molar-refractivity contribution is -0.117. The number of hydrogen-bond acceptors (Lipinski definition) is 3. The Labute approximate surface area is 143 Å². The summed E-state index contributed by atoms with van der Waals surface area (Å²) in [4.78, 5) is 12.2. The molecule has 1 aromatic rings. The Morgan fingerprint density at radius 1 is 1.12 bits per heavy atom. The van der Waals surface area contributed by atoms with E-state index in [0.29, 0.717) is 36.7 Å². The van der Waals surface area contributed by atoms with Crippen molar-refractivity contribution in [1.82, 2.24) is 9.62 Å². The maximum atomic E-state index is 12.6. The molecule has 0 spiro atoms. The summed E-state index contributed by atoms with van der Waals surface area (Å²) < 4.78 is 26.8. The molecule has 1 saturated carbocycles. The molecule has 2 aliphatic rings. The van der Waals surface area contributed by atoms with E-state index < -0.39 is 10.0 Å². The van der Waals surface area contributed by atoms with Crippen LogP contribution in [0.5, 0.6) is 0 Å². The van der Waals surface area contributed by atoms with Gasteiger partial charge in [0, 0.05) is 19.1 Å². The maximum absolute atomic E-state index is 12.6. The Morgan fingerprint density at radius 2 is 1.75 bits per heavy atom. The van der Waals surface area contributed by atoms with Gasteiger partial charge < -0.3 is 5.32 Å². The van der Waals surface area contributed by atoms with Gasteiger partial charge in [-0.2, -0.15) is 4.31 Å². The van der Waals surface area contributed by atoms with Crippen LogP contribution in [0.3, 0.4) is 0 Å². The molecular weight excluding hydrogens is 324 g/mol. The van der Waals surface area contributed by atoms with Crippen molar-refractivity contribution in [2.24, 2.45) is 5.92 Å². The van der Waals surface area contributed by atoms with Gasteiger partial charge in [-0.3, -0.25) is 4.79 Å². The van der Waals surface area contributed by atoms with Gasteiger partial charge in [0.05, 0.1) is 4.90 Å². The summed E-state index contributed by atoms with van der Waals surface area (Å²) in [5.74, 6) is 0.513.